The van der Waals surface area contributed by atoms with Gasteiger partial charge in [-0.2, -0.15) is 13.2 Å². The molecular weight excluding hydrogens is 630 g/mol. The minimum atomic E-state index is -4.72. The number of nitrogens with one attached hydrogen (secondary N) is 1. The molecule has 220 valence electrons. The zero-order valence-electron chi connectivity index (χ0n) is 21.6. The summed E-state index contributed by atoms with van der Waals surface area (Å²) in [5.41, 5.74) is -0.733. The van der Waals surface area contributed by atoms with Gasteiger partial charge < -0.3 is 5.32 Å². The molecule has 14 heteroatoms. The highest BCUT2D eigenvalue weighted by Crippen LogP contribution is 2.54. The average molecular weight is 648 g/mol. The number of carbonyl (C=O) groups is 3. The average Bonchev–Trinajstić information content (AvgIpc) is 3.40. The Kier molecular flexibility index (Phi) is 7.43. The molecule has 2 aliphatic heterocycles. The van der Waals surface area contributed by atoms with Crippen LogP contribution < -0.4 is 15.1 Å². The Balaban J connectivity index is 1.39. The van der Waals surface area contributed by atoms with E-state index in [9.17, 15) is 36.7 Å². The lowest BCUT2D eigenvalue weighted by Crippen LogP contribution is -2.33. The van der Waals surface area contributed by atoms with Crippen LogP contribution in [0.5, 0.6) is 0 Å². The summed E-state index contributed by atoms with van der Waals surface area (Å²) in [5.74, 6) is -4.26. The molecule has 3 heterocycles. The first kappa shape index (κ1) is 29.1. The molecule has 0 aliphatic carbocycles. The van der Waals surface area contributed by atoms with Gasteiger partial charge in [-0.25, -0.2) is 9.29 Å². The number of halogens is 5. The Bertz CT molecular complexity index is 1820. The van der Waals surface area contributed by atoms with Crippen molar-refractivity contribution in [3.05, 3.63) is 109 Å². The molecule has 3 aromatic carbocycles. The fourth-order valence-corrected chi connectivity index (χ4v) is 8.20. The van der Waals surface area contributed by atoms with Gasteiger partial charge in [0.2, 0.25) is 17.7 Å². The van der Waals surface area contributed by atoms with E-state index in [4.69, 9.17) is 11.6 Å². The highest BCUT2D eigenvalue weighted by molar-refractivity contribution is 8.00. The van der Waals surface area contributed by atoms with Crippen molar-refractivity contribution >= 4 is 63.8 Å². The Morgan fingerprint density at radius 3 is 2.28 bits per heavy atom. The van der Waals surface area contributed by atoms with Crippen LogP contribution in [0, 0.1) is 11.7 Å². The van der Waals surface area contributed by atoms with Crippen LogP contribution in [0.25, 0.3) is 0 Å². The Morgan fingerprint density at radius 2 is 1.60 bits per heavy atom. The fourth-order valence-electron chi connectivity index (χ4n) is 5.30. The number of hydrogen-bond donors (Lipinski definition) is 1. The largest absolute Gasteiger partial charge is 0.418 e. The Morgan fingerprint density at radius 1 is 0.930 bits per heavy atom. The number of carbonyl (C=O) groups excluding carboxylic acids is 3. The van der Waals surface area contributed by atoms with Crippen molar-refractivity contribution in [1.29, 1.82) is 0 Å². The van der Waals surface area contributed by atoms with Crippen molar-refractivity contribution in [2.45, 2.75) is 28.9 Å². The van der Waals surface area contributed by atoms with Gasteiger partial charge in [-0.15, -0.1) is 0 Å². The molecule has 0 saturated carbocycles. The summed E-state index contributed by atoms with van der Waals surface area (Å²) in [6.45, 7) is -0.638. The Hall–Kier alpha value is -3.94. The molecule has 2 unspecified atom stereocenters. The van der Waals surface area contributed by atoms with Gasteiger partial charge in [-0.1, -0.05) is 59.0 Å². The van der Waals surface area contributed by atoms with Gasteiger partial charge in [-0.05, 0) is 54.1 Å². The summed E-state index contributed by atoms with van der Waals surface area (Å²) in [6, 6.07) is 15.9. The van der Waals surface area contributed by atoms with Gasteiger partial charge in [0.05, 0.1) is 27.9 Å². The van der Waals surface area contributed by atoms with Crippen LogP contribution >= 0.6 is 34.7 Å². The molecule has 1 N–H and O–H groups in total. The number of benzene rings is 3. The maximum Gasteiger partial charge on any atom is 0.418 e. The molecule has 0 spiro atoms. The second kappa shape index (κ2) is 11.0. The molecule has 3 amide bonds. The number of rotatable bonds is 5. The standard InChI is InChI=1S/C29H18ClF4N3O4S2/c30-15-7-11-17(12-8-15)37-25(39)22-21(14-5-9-16(31)10-6-14)24-27(42-23(22)26(37)40)36(28(41)43-24)13-20(38)35-19-4-2-1-3-18(19)29(32,33)34/h1-12,21-23H,13H2,(H,35,38)/t21-,22?,23?/m1/s1. The van der Waals surface area contributed by atoms with E-state index in [1.54, 1.807) is 0 Å². The monoisotopic (exact) mass is 647 g/mol. The molecular formula is C29H18ClF4N3O4S2. The minimum Gasteiger partial charge on any atom is -0.324 e. The summed E-state index contributed by atoms with van der Waals surface area (Å²) >= 11 is 7.70. The highest BCUT2D eigenvalue weighted by atomic mass is 35.5. The number of thioether (sulfide) groups is 1. The number of aromatic nitrogens is 1. The van der Waals surface area contributed by atoms with Crippen LogP contribution in [-0.4, -0.2) is 27.5 Å². The lowest BCUT2D eigenvalue weighted by atomic mass is 9.83. The lowest BCUT2D eigenvalue weighted by Gasteiger charge is -2.30. The number of fused-ring (bicyclic) bond motifs is 2. The second-order valence-corrected chi connectivity index (χ2v) is 12.4. The number of amides is 3. The third-order valence-corrected chi connectivity index (χ3v) is 10.0. The summed E-state index contributed by atoms with van der Waals surface area (Å²) in [4.78, 5) is 54.6. The number of anilines is 2. The fraction of sp³-hybridized carbons (Fsp3) is 0.172. The number of hydrogen-bond acceptors (Lipinski definition) is 6. The molecule has 3 atom stereocenters. The van der Waals surface area contributed by atoms with Crippen molar-refractivity contribution in [2.24, 2.45) is 5.92 Å². The smallest absolute Gasteiger partial charge is 0.324 e. The van der Waals surface area contributed by atoms with Crippen LogP contribution in [0.1, 0.15) is 21.9 Å². The lowest BCUT2D eigenvalue weighted by molar-refractivity contribution is -0.137. The zero-order chi connectivity index (χ0) is 30.6. The van der Waals surface area contributed by atoms with E-state index in [0.29, 0.717) is 21.2 Å². The SMILES string of the molecule is O=C(Cn1c2c(sc1=O)[C@H](c1ccc(F)cc1)C1C(=O)N(c3ccc(Cl)cc3)C(=O)C1S2)Nc1ccccc1C(F)(F)F. The van der Waals surface area contributed by atoms with E-state index < -0.39 is 69.5 Å². The molecule has 4 aromatic rings. The van der Waals surface area contributed by atoms with E-state index in [-0.39, 0.29) is 5.03 Å². The number of thiazole rings is 1. The first-order valence-corrected chi connectivity index (χ1v) is 14.8. The summed E-state index contributed by atoms with van der Waals surface area (Å²) in [5, 5.41) is 1.87. The highest BCUT2D eigenvalue weighted by Gasteiger charge is 2.56. The maximum absolute atomic E-state index is 13.9. The quantitative estimate of drug-likeness (QED) is 0.207. The number of alkyl halides is 3. The van der Waals surface area contributed by atoms with Crippen LogP contribution in [-0.2, 0) is 27.1 Å². The van der Waals surface area contributed by atoms with Gasteiger partial charge in [0.1, 0.15) is 17.6 Å². The van der Waals surface area contributed by atoms with E-state index in [0.717, 1.165) is 44.7 Å². The van der Waals surface area contributed by atoms with E-state index in [1.165, 1.54) is 60.7 Å². The summed E-state index contributed by atoms with van der Waals surface area (Å²) < 4.78 is 55.3. The van der Waals surface area contributed by atoms with Gasteiger partial charge in [0.25, 0.3) is 0 Å². The normalized spacial score (nSPS) is 19.7. The third-order valence-electron chi connectivity index (χ3n) is 7.17. The summed E-state index contributed by atoms with van der Waals surface area (Å²) in [7, 11) is 0. The first-order chi connectivity index (χ1) is 20.4. The Labute approximate surface area is 254 Å². The van der Waals surface area contributed by atoms with E-state index in [1.807, 2.05) is 0 Å². The molecule has 43 heavy (non-hydrogen) atoms. The van der Waals surface area contributed by atoms with Gasteiger partial charge in [-0.3, -0.25) is 23.7 Å². The molecule has 1 saturated heterocycles. The molecule has 2 aliphatic rings. The van der Waals surface area contributed by atoms with E-state index in [2.05, 4.69) is 5.32 Å². The van der Waals surface area contributed by atoms with Crippen LogP contribution in [0.3, 0.4) is 0 Å². The summed E-state index contributed by atoms with van der Waals surface area (Å²) in [6.07, 6.45) is -4.72. The van der Waals surface area contributed by atoms with Gasteiger partial charge in [0, 0.05) is 15.8 Å². The molecule has 6 rings (SSSR count). The number of para-hydroxylation sites is 1. The number of nitrogens with zero attached hydrogens (tertiary/aromatic N) is 2. The van der Waals surface area contributed by atoms with Crippen LogP contribution in [0.2, 0.25) is 5.02 Å². The molecule has 0 radical (unpaired) electrons. The van der Waals surface area contributed by atoms with Gasteiger partial charge >= 0.3 is 11.0 Å². The zero-order valence-corrected chi connectivity index (χ0v) is 24.0. The molecule has 1 fully saturated rings. The first-order valence-electron chi connectivity index (χ1n) is 12.7. The van der Waals surface area contributed by atoms with Crippen LogP contribution in [0.15, 0.2) is 82.6 Å². The maximum atomic E-state index is 13.9. The van der Waals surface area contributed by atoms with Crippen molar-refractivity contribution < 1.29 is 31.9 Å². The van der Waals surface area contributed by atoms with E-state index >= 15 is 0 Å². The van der Waals surface area contributed by atoms with Crippen LogP contribution in [0.4, 0.5) is 28.9 Å². The minimum absolute atomic E-state index is 0.240. The molecule has 1 aromatic heterocycles. The third kappa shape index (κ3) is 5.25. The van der Waals surface area contributed by atoms with Crippen molar-refractivity contribution in [1.82, 2.24) is 4.57 Å². The number of imide groups is 1. The molecule has 0 bridgehead atoms. The topological polar surface area (TPSA) is 88.5 Å². The second-order valence-electron chi connectivity index (χ2n) is 9.80. The van der Waals surface area contributed by atoms with Crippen molar-refractivity contribution in [3.8, 4) is 0 Å². The van der Waals surface area contributed by atoms with Crippen molar-refractivity contribution in [3.63, 3.8) is 0 Å². The predicted molar refractivity (Wildman–Crippen MR) is 154 cm³/mol. The van der Waals surface area contributed by atoms with Crippen molar-refractivity contribution in [2.75, 3.05) is 10.2 Å². The van der Waals surface area contributed by atoms with Gasteiger partial charge in [0.15, 0.2) is 0 Å². The molecule has 7 nitrogen and oxygen atoms in total. The predicted octanol–water partition coefficient (Wildman–Crippen LogP) is 6.16.